The molecule has 2 amide bonds. The highest BCUT2D eigenvalue weighted by Crippen LogP contribution is 2.51. The molecule has 1 heterocycles. The third kappa shape index (κ3) is 4.64. The maximum Gasteiger partial charge on any atom is 0.311 e. The quantitative estimate of drug-likeness (QED) is 0.465. The van der Waals surface area contributed by atoms with E-state index in [4.69, 9.17) is 14.2 Å². The predicted molar refractivity (Wildman–Crippen MR) is 141 cm³/mol. The number of rotatable bonds is 10. The fraction of sp³-hybridized carbons (Fsp3) is 0.533. The summed E-state index contributed by atoms with van der Waals surface area (Å²) in [6.45, 7) is 1.88. The third-order valence-corrected chi connectivity index (χ3v) is 8.95. The molecule has 3 atom stereocenters. The van der Waals surface area contributed by atoms with Crippen molar-refractivity contribution >= 4 is 11.8 Å². The van der Waals surface area contributed by atoms with Gasteiger partial charge in [0, 0.05) is 58.0 Å². The van der Waals surface area contributed by atoms with Crippen molar-refractivity contribution < 1.29 is 28.9 Å². The van der Waals surface area contributed by atoms with E-state index in [-0.39, 0.29) is 17.7 Å². The zero-order valence-electron chi connectivity index (χ0n) is 22.4. The molecule has 0 radical (unpaired) electrons. The average Bonchev–Trinajstić information content (AvgIpc) is 3.35. The largest absolute Gasteiger partial charge is 0.375 e. The first-order valence-electron chi connectivity index (χ1n) is 13.5. The lowest BCUT2D eigenvalue weighted by Crippen LogP contribution is -2.49. The number of methoxy groups -OCH3 is 3. The first kappa shape index (κ1) is 26.8. The van der Waals surface area contributed by atoms with E-state index in [0.29, 0.717) is 54.1 Å². The monoisotopic (exact) mass is 522 g/mol. The number of benzene rings is 2. The van der Waals surface area contributed by atoms with Crippen LogP contribution in [0.3, 0.4) is 0 Å². The van der Waals surface area contributed by atoms with Gasteiger partial charge in [-0.3, -0.25) is 9.59 Å². The third-order valence-electron chi connectivity index (χ3n) is 8.95. The summed E-state index contributed by atoms with van der Waals surface area (Å²) in [4.78, 5) is 28.4. The molecule has 2 aromatic rings. The molecule has 2 saturated carbocycles. The number of carbonyl (C=O) groups excluding carboxylic acids is 2. The summed E-state index contributed by atoms with van der Waals surface area (Å²) in [5.74, 6) is -0.601. The van der Waals surface area contributed by atoms with Crippen molar-refractivity contribution in [1.29, 1.82) is 0 Å². The van der Waals surface area contributed by atoms with Gasteiger partial charge >= 0.3 is 5.97 Å². The second-order valence-corrected chi connectivity index (χ2v) is 10.8. The number of fused-ring (bicyclic) bond motifs is 1. The zero-order chi connectivity index (χ0) is 26.9. The van der Waals surface area contributed by atoms with Crippen molar-refractivity contribution in [3.8, 4) is 0 Å². The molecule has 3 aliphatic rings. The Balaban J connectivity index is 1.16. The number of likely N-dealkylation sites (tertiary alicyclic amines) is 1. The summed E-state index contributed by atoms with van der Waals surface area (Å²) in [6.07, 6.45) is 3.79. The first-order valence-corrected chi connectivity index (χ1v) is 13.5. The van der Waals surface area contributed by atoms with E-state index in [1.54, 1.807) is 24.3 Å². The summed E-state index contributed by atoms with van der Waals surface area (Å²) in [5, 5.41) is 14.7. The molecule has 5 rings (SSSR count). The molecular formula is C30H38N2O6. The van der Waals surface area contributed by atoms with Crippen LogP contribution in [0.15, 0.2) is 54.6 Å². The minimum atomic E-state index is -1.50. The van der Waals surface area contributed by atoms with Gasteiger partial charge in [-0.15, -0.1) is 0 Å². The van der Waals surface area contributed by atoms with Crippen molar-refractivity contribution in [3.63, 3.8) is 0 Å². The molecule has 0 aromatic heterocycles. The van der Waals surface area contributed by atoms with Crippen LogP contribution in [0.5, 0.6) is 0 Å². The highest BCUT2D eigenvalue weighted by atomic mass is 16.9. The minimum absolute atomic E-state index is 0.0101. The van der Waals surface area contributed by atoms with Crippen LogP contribution in [0.25, 0.3) is 0 Å². The Morgan fingerprint density at radius 1 is 0.895 bits per heavy atom. The highest BCUT2D eigenvalue weighted by molar-refractivity contribution is 5.94. The standard InChI is InChI=1S/C30H38N2O6/c1-36-30(37-2,38-3)23-15-13-20(14-16-23)27(33)32-18-25-24(26(25)19-32)17-31-28(34)29(35,22-11-7-8-12-22)21-9-5-4-6-10-21/h4-6,9-10,13-16,22,24-26,35H,7-8,11-12,17-19H2,1-3H3,(H,31,34). The highest BCUT2D eigenvalue weighted by Gasteiger charge is 2.57. The molecule has 1 saturated heterocycles. The van der Waals surface area contributed by atoms with E-state index >= 15 is 0 Å². The van der Waals surface area contributed by atoms with E-state index in [1.807, 2.05) is 35.2 Å². The molecular weight excluding hydrogens is 484 g/mol. The van der Waals surface area contributed by atoms with Crippen LogP contribution in [0.2, 0.25) is 0 Å². The van der Waals surface area contributed by atoms with Crippen molar-refractivity contribution in [2.75, 3.05) is 41.0 Å². The number of nitrogens with one attached hydrogen (secondary N) is 1. The minimum Gasteiger partial charge on any atom is -0.375 e. The van der Waals surface area contributed by atoms with Gasteiger partial charge in [0.05, 0.1) is 0 Å². The Morgan fingerprint density at radius 3 is 2.03 bits per heavy atom. The van der Waals surface area contributed by atoms with Crippen LogP contribution in [-0.2, 0) is 30.6 Å². The second kappa shape index (κ2) is 10.8. The Bertz CT molecular complexity index is 1110. The lowest BCUT2D eigenvalue weighted by Gasteiger charge is -2.33. The van der Waals surface area contributed by atoms with Gasteiger partial charge in [-0.1, -0.05) is 55.3 Å². The first-order chi connectivity index (χ1) is 18.4. The second-order valence-electron chi connectivity index (χ2n) is 10.8. The van der Waals surface area contributed by atoms with Gasteiger partial charge in [-0.05, 0) is 48.3 Å². The Hall–Kier alpha value is -2.78. The number of piperidine rings is 1. The number of aliphatic hydroxyl groups is 1. The maximum atomic E-state index is 13.4. The molecule has 2 aliphatic carbocycles. The molecule has 2 aromatic carbocycles. The molecule has 1 aliphatic heterocycles. The van der Waals surface area contributed by atoms with Crippen LogP contribution < -0.4 is 5.32 Å². The van der Waals surface area contributed by atoms with E-state index in [1.165, 1.54) is 21.3 Å². The summed E-state index contributed by atoms with van der Waals surface area (Å²) in [7, 11) is 4.50. The molecule has 3 fully saturated rings. The molecule has 0 spiro atoms. The van der Waals surface area contributed by atoms with Gasteiger partial charge in [0.15, 0.2) is 5.60 Å². The Morgan fingerprint density at radius 2 is 1.47 bits per heavy atom. The summed E-state index contributed by atoms with van der Waals surface area (Å²) in [5.41, 5.74) is 0.431. The number of carbonyl (C=O) groups is 2. The van der Waals surface area contributed by atoms with Crippen molar-refractivity contribution in [2.45, 2.75) is 37.3 Å². The number of ether oxygens (including phenoxy) is 3. The Kier molecular flexibility index (Phi) is 7.60. The number of amides is 2. The predicted octanol–water partition coefficient (Wildman–Crippen LogP) is 3.25. The molecule has 8 heteroatoms. The fourth-order valence-corrected chi connectivity index (χ4v) is 6.65. The van der Waals surface area contributed by atoms with Gasteiger partial charge in [0.2, 0.25) is 0 Å². The van der Waals surface area contributed by atoms with Crippen LogP contribution in [0.4, 0.5) is 0 Å². The van der Waals surface area contributed by atoms with Gasteiger partial charge in [0.25, 0.3) is 11.8 Å². The Labute approximate surface area is 224 Å². The fourth-order valence-electron chi connectivity index (χ4n) is 6.65. The number of hydrogen-bond acceptors (Lipinski definition) is 6. The molecule has 204 valence electrons. The zero-order valence-corrected chi connectivity index (χ0v) is 22.4. The van der Waals surface area contributed by atoms with Gasteiger partial charge in [-0.25, -0.2) is 0 Å². The number of nitrogens with zero attached hydrogens (tertiary/aromatic N) is 1. The summed E-state index contributed by atoms with van der Waals surface area (Å²) < 4.78 is 16.2. The summed E-state index contributed by atoms with van der Waals surface area (Å²) >= 11 is 0. The molecule has 38 heavy (non-hydrogen) atoms. The molecule has 3 unspecified atom stereocenters. The van der Waals surface area contributed by atoms with E-state index in [2.05, 4.69) is 5.32 Å². The molecule has 2 N–H and O–H groups in total. The summed E-state index contributed by atoms with van der Waals surface area (Å²) in [6, 6.07) is 16.4. The molecule has 8 nitrogen and oxygen atoms in total. The van der Waals surface area contributed by atoms with Crippen LogP contribution in [0.1, 0.15) is 47.2 Å². The van der Waals surface area contributed by atoms with Gasteiger partial charge < -0.3 is 29.5 Å². The van der Waals surface area contributed by atoms with Crippen molar-refractivity contribution in [3.05, 3.63) is 71.3 Å². The van der Waals surface area contributed by atoms with E-state index in [0.717, 1.165) is 25.7 Å². The molecule has 0 bridgehead atoms. The van der Waals surface area contributed by atoms with Crippen molar-refractivity contribution in [2.24, 2.45) is 23.7 Å². The van der Waals surface area contributed by atoms with Crippen LogP contribution >= 0.6 is 0 Å². The average molecular weight is 523 g/mol. The maximum absolute atomic E-state index is 13.4. The lowest BCUT2D eigenvalue weighted by molar-refractivity contribution is -0.364. The lowest BCUT2D eigenvalue weighted by atomic mass is 9.79. The van der Waals surface area contributed by atoms with E-state index in [9.17, 15) is 14.7 Å². The topological polar surface area (TPSA) is 97.3 Å². The van der Waals surface area contributed by atoms with Crippen molar-refractivity contribution in [1.82, 2.24) is 10.2 Å². The van der Waals surface area contributed by atoms with Crippen LogP contribution in [-0.4, -0.2) is 62.8 Å². The smallest absolute Gasteiger partial charge is 0.311 e. The number of hydrogen-bond donors (Lipinski definition) is 2. The van der Waals surface area contributed by atoms with Crippen LogP contribution in [0, 0.1) is 23.7 Å². The normalized spacial score (nSPS) is 24.6. The van der Waals surface area contributed by atoms with Gasteiger partial charge in [0.1, 0.15) is 0 Å². The SMILES string of the molecule is COC(OC)(OC)c1ccc(C(=O)N2CC3C(CNC(=O)C(O)(c4ccccc4)C4CCCC4)C3C2)cc1. The van der Waals surface area contributed by atoms with E-state index < -0.39 is 11.6 Å². The van der Waals surface area contributed by atoms with Gasteiger partial charge in [-0.2, -0.15) is 0 Å².